The van der Waals surface area contributed by atoms with Crippen LogP contribution in [-0.2, 0) is 20.9 Å². The molecule has 2 aliphatic rings. The molecule has 0 saturated carbocycles. The lowest BCUT2D eigenvalue weighted by molar-refractivity contribution is -0.340. The molecule has 2 aromatic carbocycles. The van der Waals surface area contributed by atoms with E-state index in [0.29, 0.717) is 0 Å². The van der Waals surface area contributed by atoms with E-state index in [1.165, 1.54) is 12.0 Å². The summed E-state index contributed by atoms with van der Waals surface area (Å²) in [6.45, 7) is 20.8. The predicted octanol–water partition coefficient (Wildman–Crippen LogP) is 7.57. The largest absolute Gasteiger partial charge is 0.460 e. The number of nitrogens with zero attached hydrogens (tertiary/aromatic N) is 2. The zero-order chi connectivity index (χ0) is 28.6. The van der Waals surface area contributed by atoms with Gasteiger partial charge in [0.15, 0.2) is 0 Å². The lowest BCUT2D eigenvalue weighted by Crippen LogP contribution is -2.62. The quantitative estimate of drug-likeness (QED) is 0.343. The molecule has 0 aromatic heterocycles. The van der Waals surface area contributed by atoms with Crippen LogP contribution >= 0.6 is 0 Å². The van der Waals surface area contributed by atoms with Gasteiger partial charge in [0.2, 0.25) is 0 Å². The Kier molecular flexibility index (Phi) is 8.39. The summed E-state index contributed by atoms with van der Waals surface area (Å²) >= 11 is 0. The van der Waals surface area contributed by atoms with Gasteiger partial charge >= 0.3 is 5.97 Å². The van der Waals surface area contributed by atoms with Crippen LogP contribution in [-0.4, -0.2) is 44.8 Å². The van der Waals surface area contributed by atoms with Gasteiger partial charge in [-0.05, 0) is 92.7 Å². The fourth-order valence-corrected chi connectivity index (χ4v) is 6.82. The van der Waals surface area contributed by atoms with Gasteiger partial charge in [-0.25, -0.2) is 0 Å². The molecule has 4 rings (SSSR count). The third kappa shape index (κ3) is 6.75. The number of hydrogen-bond acceptors (Lipinski definition) is 5. The molecule has 2 fully saturated rings. The molecule has 0 aliphatic carbocycles. The Hall–Kier alpha value is -2.21. The van der Waals surface area contributed by atoms with Gasteiger partial charge in [-0.2, -0.15) is 5.06 Å². The number of carbonyl (C=O) groups is 1. The number of likely N-dealkylation sites (tertiary alicyclic amines) is 1. The van der Waals surface area contributed by atoms with Gasteiger partial charge in [0.05, 0.1) is 11.5 Å². The summed E-state index contributed by atoms with van der Waals surface area (Å²) in [4.78, 5) is 23.7. The minimum absolute atomic E-state index is 0.0743. The molecule has 2 heterocycles. The topological polar surface area (TPSA) is 42.0 Å². The third-order valence-electron chi connectivity index (χ3n) is 8.54. The maximum Gasteiger partial charge on any atom is 0.311 e. The summed E-state index contributed by atoms with van der Waals surface area (Å²) in [6.07, 6.45) is 3.35. The average Bonchev–Trinajstić information content (AvgIpc) is 3.22. The summed E-state index contributed by atoms with van der Waals surface area (Å²) < 4.78 is 6.13. The number of esters is 1. The van der Waals surface area contributed by atoms with Crippen LogP contribution in [0.25, 0.3) is 0 Å². The Morgan fingerprint density at radius 1 is 0.872 bits per heavy atom. The van der Waals surface area contributed by atoms with Crippen LogP contribution in [0.2, 0.25) is 0 Å². The minimum Gasteiger partial charge on any atom is -0.460 e. The van der Waals surface area contributed by atoms with Crippen LogP contribution in [0.3, 0.4) is 0 Å². The van der Waals surface area contributed by atoms with E-state index < -0.39 is 11.2 Å². The van der Waals surface area contributed by atoms with Crippen molar-refractivity contribution in [2.75, 3.05) is 6.54 Å². The third-order valence-corrected chi connectivity index (χ3v) is 8.54. The zero-order valence-electron chi connectivity index (χ0n) is 25.7. The lowest BCUT2D eigenvalue weighted by atomic mass is 9.77. The van der Waals surface area contributed by atoms with E-state index in [9.17, 15) is 4.79 Å². The van der Waals surface area contributed by atoms with E-state index in [-0.39, 0.29) is 34.9 Å². The molecular weight excluding hydrogens is 484 g/mol. The molecule has 5 heteroatoms. The average molecular weight is 535 g/mol. The van der Waals surface area contributed by atoms with Crippen molar-refractivity contribution in [3.05, 3.63) is 71.8 Å². The van der Waals surface area contributed by atoms with Gasteiger partial charge in [0.25, 0.3) is 0 Å². The van der Waals surface area contributed by atoms with Crippen molar-refractivity contribution in [1.82, 2.24) is 9.96 Å². The second-order valence-corrected chi connectivity index (χ2v) is 14.4. The first kappa shape index (κ1) is 29.8. The van der Waals surface area contributed by atoms with E-state index >= 15 is 0 Å². The van der Waals surface area contributed by atoms with Crippen LogP contribution in [0.1, 0.15) is 98.7 Å². The molecule has 2 aromatic rings. The first-order chi connectivity index (χ1) is 18.1. The molecule has 0 N–H and O–H groups in total. The van der Waals surface area contributed by atoms with Crippen molar-refractivity contribution >= 4 is 5.97 Å². The van der Waals surface area contributed by atoms with E-state index in [4.69, 9.17) is 9.57 Å². The second-order valence-electron chi connectivity index (χ2n) is 14.4. The molecular formula is C34H50N2O3. The summed E-state index contributed by atoms with van der Waals surface area (Å²) in [5.41, 5.74) is 1.01. The number of rotatable bonds is 7. The maximum atomic E-state index is 14.1. The van der Waals surface area contributed by atoms with Gasteiger partial charge in [-0.1, -0.05) is 60.7 Å². The normalized spacial score (nSPS) is 25.9. The molecule has 0 amide bonds. The molecule has 0 spiro atoms. The van der Waals surface area contributed by atoms with Gasteiger partial charge in [-0.15, -0.1) is 0 Å². The standard InChI is InChI=1S/C34H50N2O3/c1-31(2,3)38-30(37)28-27(34(8,9)39-36-32(4,5)21-16-22-33(36,6)7)24-35(23-25-17-12-10-13-18-25)29(28)26-19-14-11-15-20-26/h10-15,17-20,27-29H,16,21-24H2,1-9H3/t27-,28+,29-/m0/s1. The molecule has 2 aliphatic heterocycles. The Morgan fingerprint density at radius 2 is 1.41 bits per heavy atom. The van der Waals surface area contributed by atoms with Crippen LogP contribution in [0.4, 0.5) is 0 Å². The van der Waals surface area contributed by atoms with E-state index in [1.807, 2.05) is 32.9 Å². The van der Waals surface area contributed by atoms with Crippen molar-refractivity contribution in [2.45, 2.75) is 116 Å². The predicted molar refractivity (Wildman–Crippen MR) is 158 cm³/mol. The first-order valence-electron chi connectivity index (χ1n) is 14.7. The van der Waals surface area contributed by atoms with Crippen molar-refractivity contribution < 1.29 is 14.4 Å². The van der Waals surface area contributed by atoms with Crippen LogP contribution in [0.15, 0.2) is 60.7 Å². The first-order valence-corrected chi connectivity index (χ1v) is 14.7. The molecule has 3 atom stereocenters. The molecule has 5 nitrogen and oxygen atoms in total. The summed E-state index contributed by atoms with van der Waals surface area (Å²) in [5, 5.41) is 2.24. The van der Waals surface area contributed by atoms with Gasteiger partial charge in [-0.3, -0.25) is 14.5 Å². The lowest BCUT2D eigenvalue weighted by Gasteiger charge is -2.54. The fraction of sp³-hybridized carbons (Fsp3) is 0.618. The number of hydrogen-bond donors (Lipinski definition) is 0. The zero-order valence-corrected chi connectivity index (χ0v) is 25.7. The maximum absolute atomic E-state index is 14.1. The molecule has 0 bridgehead atoms. The van der Waals surface area contributed by atoms with Crippen LogP contribution in [0.5, 0.6) is 0 Å². The highest BCUT2D eigenvalue weighted by Gasteiger charge is 2.56. The Bertz CT molecular complexity index is 1090. The summed E-state index contributed by atoms with van der Waals surface area (Å²) in [6, 6.07) is 20.9. The Morgan fingerprint density at radius 3 is 1.95 bits per heavy atom. The molecule has 39 heavy (non-hydrogen) atoms. The van der Waals surface area contributed by atoms with Crippen molar-refractivity contribution in [2.24, 2.45) is 11.8 Å². The highest BCUT2D eigenvalue weighted by Crippen LogP contribution is 2.50. The second kappa shape index (κ2) is 11.0. The van der Waals surface area contributed by atoms with E-state index in [1.54, 1.807) is 0 Å². The Labute approximate surface area is 236 Å². The van der Waals surface area contributed by atoms with Gasteiger partial charge in [0.1, 0.15) is 5.60 Å². The summed E-state index contributed by atoms with van der Waals surface area (Å²) in [5.74, 6) is -0.595. The van der Waals surface area contributed by atoms with Crippen molar-refractivity contribution in [1.29, 1.82) is 0 Å². The van der Waals surface area contributed by atoms with Crippen molar-refractivity contribution in [3.63, 3.8) is 0 Å². The highest BCUT2D eigenvalue weighted by atomic mass is 16.7. The Balaban J connectivity index is 1.77. The monoisotopic (exact) mass is 534 g/mol. The van der Waals surface area contributed by atoms with E-state index in [2.05, 4.69) is 100 Å². The number of hydroxylamine groups is 2. The minimum atomic E-state index is -0.605. The van der Waals surface area contributed by atoms with Gasteiger partial charge in [0, 0.05) is 36.1 Å². The van der Waals surface area contributed by atoms with Crippen LogP contribution < -0.4 is 0 Å². The number of carbonyl (C=O) groups excluding carboxylic acids is 1. The van der Waals surface area contributed by atoms with Crippen LogP contribution in [0, 0.1) is 11.8 Å². The van der Waals surface area contributed by atoms with E-state index in [0.717, 1.165) is 31.5 Å². The number of ether oxygens (including phenoxy) is 1. The summed E-state index contributed by atoms with van der Waals surface area (Å²) in [7, 11) is 0. The van der Waals surface area contributed by atoms with Gasteiger partial charge < -0.3 is 4.74 Å². The molecule has 214 valence electrons. The van der Waals surface area contributed by atoms with Crippen molar-refractivity contribution in [3.8, 4) is 0 Å². The number of piperidine rings is 1. The SMILES string of the molecule is CC(C)(C)OC(=O)[C@H]1[C@H](c2ccccc2)N(Cc2ccccc2)C[C@@H]1C(C)(C)ON1C(C)(C)CCCC1(C)C. The highest BCUT2D eigenvalue weighted by molar-refractivity contribution is 5.75. The molecule has 2 saturated heterocycles. The molecule has 0 unspecified atom stereocenters. The fourth-order valence-electron chi connectivity index (χ4n) is 6.82. The smallest absolute Gasteiger partial charge is 0.311 e. The molecule has 0 radical (unpaired) electrons. The number of benzene rings is 2.